The summed E-state index contributed by atoms with van der Waals surface area (Å²) in [5.74, 6) is 1.33. The molecule has 5 unspecified atom stereocenters. The Hall–Kier alpha value is -8.98. The Labute approximate surface area is 497 Å². The van der Waals surface area contributed by atoms with E-state index in [0.717, 1.165) is 55.6 Å². The Balaban J connectivity index is 1.07. The average molecular weight is 1090 g/mol. The van der Waals surface area contributed by atoms with Gasteiger partial charge in [0, 0.05) is 39.8 Å². The van der Waals surface area contributed by atoms with Crippen LogP contribution in [0.5, 0.6) is 0 Å². The molecule has 9 aromatic carbocycles. The first-order chi connectivity index (χ1) is 41.3. The molecule has 0 N–H and O–H groups in total. The monoisotopic (exact) mass is 1080 g/mol. The molecule has 15 rings (SSSR count). The van der Waals surface area contributed by atoms with Crippen LogP contribution in [0.3, 0.4) is 0 Å². The first-order valence-electron chi connectivity index (χ1n) is 30.9. The quantitative estimate of drug-likeness (QED) is 0.150. The van der Waals surface area contributed by atoms with Gasteiger partial charge in [-0.05, 0) is 183 Å². The van der Waals surface area contributed by atoms with Gasteiger partial charge in [-0.1, -0.05) is 256 Å². The van der Waals surface area contributed by atoms with E-state index in [-0.39, 0.29) is 23.2 Å². The molecule has 9 aromatic rings. The first-order valence-corrected chi connectivity index (χ1v) is 30.9. The van der Waals surface area contributed by atoms with Gasteiger partial charge in [0.1, 0.15) is 0 Å². The van der Waals surface area contributed by atoms with E-state index >= 15 is 0 Å². The topological polar surface area (TPSA) is 6.48 Å². The molecule has 6 bridgehead atoms. The van der Waals surface area contributed by atoms with Crippen molar-refractivity contribution in [3.8, 4) is 33.4 Å². The lowest BCUT2D eigenvalue weighted by Crippen LogP contribution is -2.34. The van der Waals surface area contributed by atoms with Crippen LogP contribution in [0.1, 0.15) is 117 Å². The van der Waals surface area contributed by atoms with Gasteiger partial charge in [-0.25, -0.2) is 0 Å². The van der Waals surface area contributed by atoms with Gasteiger partial charge in [-0.2, -0.15) is 0 Å². The highest BCUT2D eigenvalue weighted by Crippen LogP contribution is 2.60. The summed E-state index contributed by atoms with van der Waals surface area (Å²) in [5, 5.41) is 0. The Morgan fingerprint density at radius 3 is 1.77 bits per heavy atom. The minimum absolute atomic E-state index is 0.0961. The number of anilines is 4. The van der Waals surface area contributed by atoms with Gasteiger partial charge < -0.3 is 9.80 Å². The highest BCUT2D eigenvalue weighted by atomic mass is 15.2. The molecule has 84 heavy (non-hydrogen) atoms. The predicted molar refractivity (Wildman–Crippen MR) is 354 cm³/mol. The van der Waals surface area contributed by atoms with Crippen molar-refractivity contribution < 1.29 is 0 Å². The molecule has 1 heterocycles. The maximum absolute atomic E-state index is 2.82. The lowest BCUT2D eigenvalue weighted by molar-refractivity contribution is 0.323. The van der Waals surface area contributed by atoms with E-state index in [1.54, 1.807) is 16.7 Å². The number of nitrogens with zero attached hydrogens (tertiary/aromatic N) is 2. The fourth-order valence-electron chi connectivity index (χ4n) is 15.4. The fourth-order valence-corrected chi connectivity index (χ4v) is 15.4. The molecular formula is C82H72N2. The third kappa shape index (κ3) is 9.56. The molecule has 0 spiro atoms. The van der Waals surface area contributed by atoms with Crippen LogP contribution in [-0.2, 0) is 0 Å². The lowest BCUT2D eigenvalue weighted by atomic mass is 9.58. The van der Waals surface area contributed by atoms with Gasteiger partial charge in [0.05, 0.1) is 11.4 Å². The Bertz CT molecular complexity index is 4130. The van der Waals surface area contributed by atoms with Crippen LogP contribution in [0.25, 0.3) is 50.7 Å². The van der Waals surface area contributed by atoms with Crippen molar-refractivity contribution >= 4 is 40.1 Å². The summed E-state index contributed by atoms with van der Waals surface area (Å²) in [4.78, 5) is 5.30. The number of hydrogen-bond acceptors (Lipinski definition) is 2. The van der Waals surface area contributed by atoms with Crippen molar-refractivity contribution in [1.82, 2.24) is 0 Å². The van der Waals surface area contributed by atoms with Crippen molar-refractivity contribution in [3.05, 3.63) is 317 Å². The maximum Gasteiger partial charge on any atom is 0.0540 e. The normalized spacial score (nSPS) is 20.7. The van der Waals surface area contributed by atoms with Crippen molar-refractivity contribution in [2.24, 2.45) is 17.3 Å². The zero-order valence-corrected chi connectivity index (χ0v) is 48.6. The van der Waals surface area contributed by atoms with Crippen LogP contribution in [0.15, 0.2) is 283 Å². The molecule has 6 aliphatic rings. The zero-order valence-electron chi connectivity index (χ0n) is 48.6. The minimum Gasteiger partial charge on any atom is -0.311 e. The molecule has 0 saturated carbocycles. The molecule has 1 aliphatic heterocycles. The highest BCUT2D eigenvalue weighted by Gasteiger charge is 2.45. The van der Waals surface area contributed by atoms with Gasteiger partial charge in [-0.15, -0.1) is 0 Å². The molecular weight excluding hydrogens is 1010 g/mol. The van der Waals surface area contributed by atoms with Crippen LogP contribution >= 0.6 is 0 Å². The summed E-state index contributed by atoms with van der Waals surface area (Å²) in [5.41, 5.74) is 29.1. The molecule has 5 atom stereocenters. The van der Waals surface area contributed by atoms with E-state index in [9.17, 15) is 0 Å². The number of rotatable bonds is 8. The first kappa shape index (κ1) is 51.9. The smallest absolute Gasteiger partial charge is 0.0540 e. The highest BCUT2D eigenvalue weighted by molar-refractivity contribution is 5.98. The SMILES string of the molecule is CC(C)(C)C1=Cc2ccc3c4c2C(CCC4C2C=C3N(c3ccccc3-c3ccccc3)c3cc(-c4ccccc4)cc(c3)N(c3ccc(-c4ccccc4)cc3)C3=CC(c4ccccc4)CC(=C3)CC2C2=C(c3ccccc3)CCC=C2)C1. The summed E-state index contributed by atoms with van der Waals surface area (Å²) < 4.78 is 0. The maximum atomic E-state index is 2.82. The largest absolute Gasteiger partial charge is 0.311 e. The Morgan fingerprint density at radius 1 is 0.452 bits per heavy atom. The average Bonchev–Trinajstić information content (AvgIpc) is 1.11. The van der Waals surface area contributed by atoms with Crippen molar-refractivity contribution in [1.29, 1.82) is 0 Å². The van der Waals surface area contributed by atoms with Crippen molar-refractivity contribution in [2.75, 3.05) is 9.80 Å². The summed E-state index contributed by atoms with van der Waals surface area (Å²) in [7, 11) is 0. The van der Waals surface area contributed by atoms with Crippen LogP contribution in [0.2, 0.25) is 0 Å². The van der Waals surface area contributed by atoms with E-state index in [2.05, 4.69) is 298 Å². The Morgan fingerprint density at radius 2 is 1.07 bits per heavy atom. The van der Waals surface area contributed by atoms with Crippen LogP contribution < -0.4 is 9.80 Å². The predicted octanol–water partition coefficient (Wildman–Crippen LogP) is 22.3. The van der Waals surface area contributed by atoms with E-state index in [4.69, 9.17) is 0 Å². The summed E-state index contributed by atoms with van der Waals surface area (Å²) >= 11 is 0. The van der Waals surface area contributed by atoms with Gasteiger partial charge >= 0.3 is 0 Å². The molecule has 5 aliphatic carbocycles. The minimum atomic E-state index is 0.0961. The van der Waals surface area contributed by atoms with E-state index < -0.39 is 0 Å². The third-order valence-corrected chi connectivity index (χ3v) is 19.4. The number of allylic oxidation sites excluding steroid dienone is 9. The molecule has 0 fully saturated rings. The molecule has 0 saturated heterocycles. The van der Waals surface area contributed by atoms with E-state index in [1.807, 2.05) is 0 Å². The third-order valence-electron chi connectivity index (χ3n) is 19.4. The number of fused-ring (bicyclic) bond motifs is 6. The van der Waals surface area contributed by atoms with Crippen molar-refractivity contribution in [2.45, 2.75) is 83.5 Å². The van der Waals surface area contributed by atoms with Gasteiger partial charge in [0.15, 0.2) is 0 Å². The molecule has 2 nitrogen and oxygen atoms in total. The molecule has 0 amide bonds. The number of hydrogen-bond donors (Lipinski definition) is 0. The second kappa shape index (κ2) is 21.6. The zero-order chi connectivity index (χ0) is 56.3. The second-order valence-corrected chi connectivity index (χ2v) is 25.4. The molecule has 0 aromatic heterocycles. The van der Waals surface area contributed by atoms with Crippen LogP contribution in [0, 0.1) is 17.3 Å². The molecule has 410 valence electrons. The summed E-state index contributed by atoms with van der Waals surface area (Å²) in [6.07, 6.45) is 23.2. The fraction of sp³-hybridized carbons (Fsp3) is 0.195. The molecule has 2 heteroatoms. The number of benzene rings is 9. The summed E-state index contributed by atoms with van der Waals surface area (Å²) in [6.45, 7) is 7.25. The van der Waals surface area contributed by atoms with E-state index in [0.29, 0.717) is 11.8 Å². The van der Waals surface area contributed by atoms with E-state index in [1.165, 1.54) is 95.9 Å². The standard InChI is InChI=1S/C82H72N2/c1-82(2,3)66-48-62-39-43-74-77-54-79(75-44-40-63(49-66)80(62)81(74)75)84(78-36-22-21-34-72(78)61-31-17-8-18-32-61)70-52-65(58-27-13-6-14-28-58)51-69(53-70)83(67-41-37-59(38-42-67)56-23-9-4-10-24-56)68-46-55(45-64(50-68)57-25-11-5-12-26-57)47-76(77)73-35-20-19-33-71(73)60-29-15-7-16-30-60/h4-18,20-32,34-38,40-42,44,46,49-54,62,64,74,76-77H,19,33,39,43,45,47-48H2,1-3H3. The van der Waals surface area contributed by atoms with Crippen LogP contribution in [-0.4, -0.2) is 0 Å². The van der Waals surface area contributed by atoms with Crippen molar-refractivity contribution in [3.63, 3.8) is 0 Å². The summed E-state index contributed by atoms with van der Waals surface area (Å²) in [6, 6.07) is 86.9. The van der Waals surface area contributed by atoms with Gasteiger partial charge in [-0.3, -0.25) is 0 Å². The number of para-hydroxylation sites is 1. The Kier molecular flexibility index (Phi) is 13.4. The van der Waals surface area contributed by atoms with Gasteiger partial charge in [0.2, 0.25) is 0 Å². The van der Waals surface area contributed by atoms with Crippen LogP contribution in [0.4, 0.5) is 22.7 Å². The molecule has 0 radical (unpaired) electrons. The second-order valence-electron chi connectivity index (χ2n) is 25.4. The lowest BCUT2D eigenvalue weighted by Gasteiger charge is -2.47. The van der Waals surface area contributed by atoms with Gasteiger partial charge in [0.25, 0.3) is 0 Å².